The number of anilines is 1. The summed E-state index contributed by atoms with van der Waals surface area (Å²) < 4.78 is 13.4. The number of nitrogens with zero attached hydrogens (tertiary/aromatic N) is 1. The van der Waals surface area contributed by atoms with Gasteiger partial charge in [-0.3, -0.25) is 4.79 Å². The van der Waals surface area contributed by atoms with Crippen LogP contribution in [-0.4, -0.2) is 11.0 Å². The number of aryl methyl sites for hydroxylation is 2. The van der Waals surface area contributed by atoms with Crippen LogP contribution < -0.4 is 4.90 Å². The Morgan fingerprint density at radius 2 is 1.60 bits per heavy atom. The number of hydrogen-bond acceptors (Lipinski definition) is 2. The van der Waals surface area contributed by atoms with Gasteiger partial charge >= 0.3 is 0 Å². The van der Waals surface area contributed by atoms with Gasteiger partial charge in [0.05, 0.1) is 12.2 Å². The minimum atomic E-state index is -0.385. The maximum absolute atomic E-state index is 13.5. The number of amides is 1. The average Bonchev–Trinajstić information content (AvgIpc) is 3.19. The predicted octanol–water partition coefficient (Wildman–Crippen LogP) is 5.63. The molecular weight excluding hydrogens is 377 g/mol. The number of halogens is 1. The van der Waals surface area contributed by atoms with Crippen molar-refractivity contribution in [3.05, 3.63) is 107 Å². The van der Waals surface area contributed by atoms with E-state index in [0.29, 0.717) is 11.1 Å². The van der Waals surface area contributed by atoms with Crippen molar-refractivity contribution in [1.82, 2.24) is 0 Å². The van der Waals surface area contributed by atoms with E-state index >= 15 is 0 Å². The summed E-state index contributed by atoms with van der Waals surface area (Å²) in [6.07, 6.45) is 2.00. The van der Waals surface area contributed by atoms with Crippen molar-refractivity contribution in [2.45, 2.75) is 19.4 Å². The van der Waals surface area contributed by atoms with Gasteiger partial charge in [-0.1, -0.05) is 42.5 Å². The van der Waals surface area contributed by atoms with E-state index in [1.807, 2.05) is 24.3 Å². The molecule has 1 N–H and O–H groups in total. The first-order valence-corrected chi connectivity index (χ1v) is 9.99. The number of rotatable bonds is 4. The molecule has 3 nitrogen and oxygen atoms in total. The van der Waals surface area contributed by atoms with Crippen LogP contribution in [0.3, 0.4) is 0 Å². The van der Waals surface area contributed by atoms with Gasteiger partial charge in [0.2, 0.25) is 0 Å². The van der Waals surface area contributed by atoms with Crippen molar-refractivity contribution in [3.8, 4) is 5.75 Å². The normalized spacial score (nSPS) is 12.3. The second kappa shape index (κ2) is 7.30. The van der Waals surface area contributed by atoms with E-state index in [1.54, 1.807) is 23.1 Å². The highest BCUT2D eigenvalue weighted by Gasteiger charge is 2.24. The molecule has 0 unspecified atom stereocenters. The fraction of sp³-hybridized carbons (Fsp3) is 0.115. The monoisotopic (exact) mass is 397 g/mol. The van der Waals surface area contributed by atoms with Crippen LogP contribution in [0.15, 0.2) is 78.9 Å². The lowest BCUT2D eigenvalue weighted by atomic mass is 10.0. The number of para-hydroxylation sites is 1. The fourth-order valence-corrected chi connectivity index (χ4v) is 4.30. The van der Waals surface area contributed by atoms with Gasteiger partial charge in [0.25, 0.3) is 5.91 Å². The zero-order valence-corrected chi connectivity index (χ0v) is 16.3. The minimum Gasteiger partial charge on any atom is -0.508 e. The third-order valence-corrected chi connectivity index (χ3v) is 5.80. The van der Waals surface area contributed by atoms with Gasteiger partial charge in [-0.2, -0.15) is 0 Å². The van der Waals surface area contributed by atoms with Crippen LogP contribution in [0.5, 0.6) is 5.75 Å². The molecule has 0 bridgehead atoms. The lowest BCUT2D eigenvalue weighted by Gasteiger charge is -2.25. The van der Waals surface area contributed by atoms with E-state index < -0.39 is 0 Å². The van der Waals surface area contributed by atoms with Crippen molar-refractivity contribution < 1.29 is 14.3 Å². The third kappa shape index (κ3) is 3.11. The number of hydrogen-bond donors (Lipinski definition) is 1. The Hall–Kier alpha value is -3.66. The van der Waals surface area contributed by atoms with Gasteiger partial charge in [-0.25, -0.2) is 4.39 Å². The summed E-state index contributed by atoms with van der Waals surface area (Å²) in [4.78, 5) is 15.2. The number of phenols is 1. The Balaban J connectivity index is 1.67. The average molecular weight is 397 g/mol. The van der Waals surface area contributed by atoms with Crippen LogP contribution >= 0.6 is 0 Å². The molecule has 0 spiro atoms. The summed E-state index contributed by atoms with van der Waals surface area (Å²) in [6, 6.07) is 22.9. The number of carbonyl (C=O) groups excluding carboxylic acids is 1. The molecule has 1 aliphatic rings. The van der Waals surface area contributed by atoms with Crippen molar-refractivity contribution in [3.63, 3.8) is 0 Å². The first-order valence-electron chi connectivity index (χ1n) is 9.99. The molecule has 0 aromatic heterocycles. The number of benzene rings is 4. The predicted molar refractivity (Wildman–Crippen MR) is 116 cm³/mol. The third-order valence-electron chi connectivity index (χ3n) is 5.80. The zero-order valence-electron chi connectivity index (χ0n) is 16.3. The van der Waals surface area contributed by atoms with Crippen LogP contribution in [0, 0.1) is 5.82 Å². The lowest BCUT2D eigenvalue weighted by molar-refractivity contribution is 0.0985. The molecule has 0 radical (unpaired) electrons. The Morgan fingerprint density at radius 3 is 2.37 bits per heavy atom. The van der Waals surface area contributed by atoms with Gasteiger partial charge in [0.15, 0.2) is 0 Å². The molecule has 30 heavy (non-hydrogen) atoms. The molecule has 0 aliphatic heterocycles. The highest BCUT2D eigenvalue weighted by Crippen LogP contribution is 2.38. The summed E-state index contributed by atoms with van der Waals surface area (Å²) in [5, 5.41) is 12.6. The summed E-state index contributed by atoms with van der Waals surface area (Å²) >= 11 is 0. The van der Waals surface area contributed by atoms with Gasteiger partial charge in [-0.15, -0.1) is 0 Å². The number of aromatic hydroxyl groups is 1. The summed E-state index contributed by atoms with van der Waals surface area (Å²) in [5.74, 6) is -0.485. The van der Waals surface area contributed by atoms with Crippen LogP contribution in [0.2, 0.25) is 0 Å². The largest absolute Gasteiger partial charge is 0.508 e. The highest BCUT2D eigenvalue weighted by molar-refractivity contribution is 6.11. The van der Waals surface area contributed by atoms with Crippen LogP contribution in [0.1, 0.15) is 27.0 Å². The Labute approximate surface area is 174 Å². The van der Waals surface area contributed by atoms with Crippen molar-refractivity contribution >= 4 is 22.4 Å². The van der Waals surface area contributed by atoms with Gasteiger partial charge < -0.3 is 10.0 Å². The summed E-state index contributed by atoms with van der Waals surface area (Å²) in [6.45, 7) is 0.210. The Kier molecular flexibility index (Phi) is 4.47. The van der Waals surface area contributed by atoms with E-state index in [2.05, 4.69) is 12.1 Å². The zero-order chi connectivity index (χ0) is 20.7. The molecule has 4 heteroatoms. The molecule has 4 aromatic rings. The van der Waals surface area contributed by atoms with Crippen molar-refractivity contribution in [2.75, 3.05) is 4.90 Å². The van der Waals surface area contributed by atoms with E-state index in [-0.39, 0.29) is 24.0 Å². The molecule has 0 fully saturated rings. The van der Waals surface area contributed by atoms with Gasteiger partial charge in [-0.05, 0) is 65.8 Å². The van der Waals surface area contributed by atoms with Gasteiger partial charge in [0.1, 0.15) is 11.6 Å². The van der Waals surface area contributed by atoms with Crippen molar-refractivity contribution in [1.29, 1.82) is 0 Å². The quantitative estimate of drug-likeness (QED) is 0.485. The molecule has 1 amide bonds. The SMILES string of the molecule is O=C(c1ccc(F)cc1)N(Cc1ccccc1O)c1ccc2c3c(cccc13)CC2. The molecule has 0 saturated carbocycles. The standard InChI is InChI=1S/C26H20FNO2/c27-21-13-10-19(11-14-21)26(30)28(16-20-4-1-2-7-24(20)29)23-15-12-18-9-8-17-5-3-6-22(23)25(17)18/h1-7,10-15,29H,8-9,16H2. The minimum absolute atomic E-state index is 0.139. The molecule has 1 aliphatic carbocycles. The van der Waals surface area contributed by atoms with Crippen molar-refractivity contribution in [2.24, 2.45) is 0 Å². The first-order chi connectivity index (χ1) is 14.6. The first kappa shape index (κ1) is 18.4. The fourth-order valence-electron chi connectivity index (χ4n) is 4.30. The molecular formula is C26H20FNO2. The van der Waals surface area contributed by atoms with Gasteiger partial charge in [0, 0.05) is 16.5 Å². The summed E-state index contributed by atoms with van der Waals surface area (Å²) in [7, 11) is 0. The second-order valence-corrected chi connectivity index (χ2v) is 7.61. The molecule has 0 heterocycles. The van der Waals surface area contributed by atoms with Crippen LogP contribution in [0.4, 0.5) is 10.1 Å². The smallest absolute Gasteiger partial charge is 0.258 e. The number of carbonyl (C=O) groups is 1. The number of phenolic OH excluding ortho intramolecular Hbond substituents is 1. The summed E-state index contributed by atoms with van der Waals surface area (Å²) in [5.41, 5.74) is 4.42. The Bertz CT molecular complexity index is 1250. The van der Waals surface area contributed by atoms with E-state index in [1.165, 1.54) is 40.8 Å². The van der Waals surface area contributed by atoms with E-state index in [0.717, 1.165) is 23.9 Å². The lowest BCUT2D eigenvalue weighted by Crippen LogP contribution is -2.30. The van der Waals surface area contributed by atoms with E-state index in [4.69, 9.17) is 0 Å². The molecule has 0 saturated heterocycles. The second-order valence-electron chi connectivity index (χ2n) is 7.61. The van der Waals surface area contributed by atoms with E-state index in [9.17, 15) is 14.3 Å². The topological polar surface area (TPSA) is 40.5 Å². The Morgan fingerprint density at radius 1 is 0.867 bits per heavy atom. The van der Waals surface area contributed by atoms with Crippen LogP contribution in [0.25, 0.3) is 10.8 Å². The molecule has 5 rings (SSSR count). The molecule has 0 atom stereocenters. The molecule has 4 aromatic carbocycles. The van der Waals surface area contributed by atoms with Crippen LogP contribution in [-0.2, 0) is 19.4 Å². The maximum atomic E-state index is 13.5. The molecule has 148 valence electrons. The maximum Gasteiger partial charge on any atom is 0.258 e. The highest BCUT2D eigenvalue weighted by atomic mass is 19.1.